The summed E-state index contributed by atoms with van der Waals surface area (Å²) in [6.07, 6.45) is -2.18. The standard InChI is InChI=1S/C22H17F4N3O3/c23-15-2-4-16(5-3-15)29-20(31)21(11-32-12-21)18-6-1-13(8-27-18)17-9-28-19(22(24,25)26)7-14(17)10-30/h1-9,30H,10-12H2,(H,29,31). The van der Waals surface area contributed by atoms with Crippen molar-refractivity contribution in [1.29, 1.82) is 0 Å². The highest BCUT2D eigenvalue weighted by molar-refractivity contribution is 5.99. The van der Waals surface area contributed by atoms with Crippen LogP contribution in [-0.4, -0.2) is 34.2 Å². The van der Waals surface area contributed by atoms with Crippen molar-refractivity contribution in [2.75, 3.05) is 18.5 Å². The molecule has 0 radical (unpaired) electrons. The van der Waals surface area contributed by atoms with E-state index >= 15 is 0 Å². The minimum Gasteiger partial charge on any atom is -0.392 e. The molecule has 3 heterocycles. The molecule has 0 unspecified atom stereocenters. The van der Waals surface area contributed by atoms with Gasteiger partial charge in [0.1, 0.15) is 16.9 Å². The van der Waals surface area contributed by atoms with E-state index in [-0.39, 0.29) is 24.7 Å². The highest BCUT2D eigenvalue weighted by atomic mass is 19.4. The molecular weight excluding hydrogens is 430 g/mol. The number of hydrogen-bond donors (Lipinski definition) is 2. The largest absolute Gasteiger partial charge is 0.433 e. The van der Waals surface area contributed by atoms with Gasteiger partial charge in [-0.2, -0.15) is 13.2 Å². The Hall–Kier alpha value is -3.37. The molecule has 0 saturated carbocycles. The molecule has 1 aromatic carbocycles. The summed E-state index contributed by atoms with van der Waals surface area (Å²) in [5.74, 6) is -0.801. The molecule has 1 aliphatic heterocycles. The fraction of sp³-hybridized carbons (Fsp3) is 0.227. The summed E-state index contributed by atoms with van der Waals surface area (Å²) in [4.78, 5) is 20.7. The van der Waals surface area contributed by atoms with E-state index < -0.39 is 29.7 Å². The predicted octanol–water partition coefficient (Wildman–Crippen LogP) is 3.70. The predicted molar refractivity (Wildman–Crippen MR) is 106 cm³/mol. The number of aliphatic hydroxyl groups excluding tert-OH is 1. The van der Waals surface area contributed by atoms with Crippen LogP contribution in [0.25, 0.3) is 11.1 Å². The third kappa shape index (κ3) is 4.06. The summed E-state index contributed by atoms with van der Waals surface area (Å²) in [6.45, 7) is -0.424. The van der Waals surface area contributed by atoms with Gasteiger partial charge in [0.2, 0.25) is 5.91 Å². The number of benzene rings is 1. The molecule has 0 bridgehead atoms. The van der Waals surface area contributed by atoms with Gasteiger partial charge in [-0.05, 0) is 42.0 Å². The van der Waals surface area contributed by atoms with E-state index in [1.54, 1.807) is 12.1 Å². The number of carbonyl (C=O) groups is 1. The Balaban J connectivity index is 1.60. The van der Waals surface area contributed by atoms with Crippen LogP contribution in [0.2, 0.25) is 0 Å². The molecule has 3 aromatic rings. The molecule has 1 fully saturated rings. The van der Waals surface area contributed by atoms with E-state index in [2.05, 4.69) is 15.3 Å². The minimum absolute atomic E-state index is 0.0534. The lowest BCUT2D eigenvalue weighted by Gasteiger charge is -2.39. The number of anilines is 1. The van der Waals surface area contributed by atoms with Crippen molar-refractivity contribution in [3.63, 3.8) is 0 Å². The molecule has 4 rings (SSSR count). The first-order valence-corrected chi connectivity index (χ1v) is 9.51. The Morgan fingerprint density at radius 2 is 1.81 bits per heavy atom. The maximum absolute atomic E-state index is 13.1. The second kappa shape index (κ2) is 8.29. The summed E-state index contributed by atoms with van der Waals surface area (Å²) in [6, 6.07) is 9.29. The summed E-state index contributed by atoms with van der Waals surface area (Å²) in [5.41, 5.74) is -0.524. The molecule has 0 aliphatic carbocycles. The number of amides is 1. The number of aromatic nitrogens is 2. The molecule has 32 heavy (non-hydrogen) atoms. The van der Waals surface area contributed by atoms with E-state index in [0.717, 1.165) is 12.3 Å². The first kappa shape index (κ1) is 21.8. The maximum atomic E-state index is 13.1. The highest BCUT2D eigenvalue weighted by Crippen LogP contribution is 2.35. The van der Waals surface area contributed by atoms with Crippen LogP contribution in [0.1, 0.15) is 17.0 Å². The number of halogens is 4. The Labute approximate surface area is 179 Å². The zero-order valence-corrected chi connectivity index (χ0v) is 16.5. The van der Waals surface area contributed by atoms with Crippen LogP contribution < -0.4 is 5.32 Å². The second-order valence-electron chi connectivity index (χ2n) is 7.35. The van der Waals surface area contributed by atoms with E-state index in [0.29, 0.717) is 22.5 Å². The van der Waals surface area contributed by atoms with E-state index in [1.165, 1.54) is 30.5 Å². The van der Waals surface area contributed by atoms with Crippen LogP contribution in [0.15, 0.2) is 54.9 Å². The molecule has 1 saturated heterocycles. The fourth-order valence-electron chi connectivity index (χ4n) is 3.36. The lowest BCUT2D eigenvalue weighted by Crippen LogP contribution is -2.56. The average Bonchev–Trinajstić information content (AvgIpc) is 2.74. The summed E-state index contributed by atoms with van der Waals surface area (Å²) in [7, 11) is 0. The summed E-state index contributed by atoms with van der Waals surface area (Å²) < 4.78 is 57.0. The summed E-state index contributed by atoms with van der Waals surface area (Å²) in [5, 5.41) is 12.2. The third-order valence-electron chi connectivity index (χ3n) is 5.25. The van der Waals surface area contributed by atoms with Gasteiger partial charge in [0.15, 0.2) is 0 Å². The van der Waals surface area contributed by atoms with Gasteiger partial charge >= 0.3 is 6.18 Å². The van der Waals surface area contributed by atoms with Gasteiger partial charge in [-0.3, -0.25) is 14.8 Å². The molecule has 2 aromatic heterocycles. The molecule has 2 N–H and O–H groups in total. The van der Waals surface area contributed by atoms with Crippen molar-refractivity contribution < 1.29 is 32.2 Å². The van der Waals surface area contributed by atoms with Gasteiger partial charge in [-0.1, -0.05) is 6.07 Å². The van der Waals surface area contributed by atoms with Gasteiger partial charge in [0.05, 0.1) is 25.5 Å². The number of ether oxygens (including phenoxy) is 1. The van der Waals surface area contributed by atoms with Crippen molar-refractivity contribution in [1.82, 2.24) is 9.97 Å². The quantitative estimate of drug-likeness (QED) is 0.583. The number of pyridine rings is 2. The number of carbonyl (C=O) groups excluding carboxylic acids is 1. The monoisotopic (exact) mass is 447 g/mol. The van der Waals surface area contributed by atoms with Gasteiger partial charge in [0, 0.05) is 29.2 Å². The van der Waals surface area contributed by atoms with Gasteiger partial charge in [-0.15, -0.1) is 0 Å². The van der Waals surface area contributed by atoms with Crippen molar-refractivity contribution in [2.24, 2.45) is 0 Å². The lowest BCUT2D eigenvalue weighted by atomic mass is 9.80. The topological polar surface area (TPSA) is 84.3 Å². The Morgan fingerprint density at radius 1 is 1.09 bits per heavy atom. The van der Waals surface area contributed by atoms with Crippen molar-refractivity contribution in [2.45, 2.75) is 18.2 Å². The van der Waals surface area contributed by atoms with E-state index in [4.69, 9.17) is 4.74 Å². The average molecular weight is 447 g/mol. The normalized spacial score (nSPS) is 15.2. The third-order valence-corrected chi connectivity index (χ3v) is 5.25. The van der Waals surface area contributed by atoms with Crippen molar-refractivity contribution >= 4 is 11.6 Å². The van der Waals surface area contributed by atoms with Crippen LogP contribution in [0.4, 0.5) is 23.2 Å². The van der Waals surface area contributed by atoms with E-state index in [1.807, 2.05) is 0 Å². The smallest absolute Gasteiger partial charge is 0.392 e. The van der Waals surface area contributed by atoms with Gasteiger partial charge in [-0.25, -0.2) is 4.39 Å². The van der Waals surface area contributed by atoms with Gasteiger partial charge < -0.3 is 15.2 Å². The number of nitrogens with one attached hydrogen (secondary N) is 1. The molecule has 1 aliphatic rings. The second-order valence-corrected chi connectivity index (χ2v) is 7.35. The number of rotatable bonds is 5. The molecule has 6 nitrogen and oxygen atoms in total. The highest BCUT2D eigenvalue weighted by Gasteiger charge is 2.49. The van der Waals surface area contributed by atoms with Crippen LogP contribution in [-0.2, 0) is 27.7 Å². The zero-order chi connectivity index (χ0) is 22.9. The molecule has 0 spiro atoms. The van der Waals surface area contributed by atoms with Crippen molar-refractivity contribution in [3.8, 4) is 11.1 Å². The fourth-order valence-corrected chi connectivity index (χ4v) is 3.36. The van der Waals surface area contributed by atoms with Crippen LogP contribution in [0, 0.1) is 5.82 Å². The number of alkyl halides is 3. The Kier molecular flexibility index (Phi) is 5.66. The van der Waals surface area contributed by atoms with Crippen LogP contribution in [0.3, 0.4) is 0 Å². The van der Waals surface area contributed by atoms with E-state index in [9.17, 15) is 27.5 Å². The van der Waals surface area contributed by atoms with Crippen LogP contribution in [0.5, 0.6) is 0 Å². The van der Waals surface area contributed by atoms with Crippen LogP contribution >= 0.6 is 0 Å². The molecule has 10 heteroatoms. The minimum atomic E-state index is -4.63. The zero-order valence-electron chi connectivity index (χ0n) is 16.5. The molecule has 0 atom stereocenters. The lowest BCUT2D eigenvalue weighted by molar-refractivity contribution is -0.141. The van der Waals surface area contributed by atoms with Crippen molar-refractivity contribution in [3.05, 3.63) is 77.6 Å². The molecule has 166 valence electrons. The number of aliphatic hydroxyl groups is 1. The first-order chi connectivity index (χ1) is 15.2. The maximum Gasteiger partial charge on any atom is 0.433 e. The molecular formula is C22H17F4N3O3. The van der Waals surface area contributed by atoms with Gasteiger partial charge in [0.25, 0.3) is 0 Å². The number of hydrogen-bond acceptors (Lipinski definition) is 5. The molecule has 1 amide bonds. The SMILES string of the molecule is O=C(Nc1ccc(F)cc1)C1(c2ccc(-c3cnc(C(F)(F)F)cc3CO)cn2)COC1. The first-order valence-electron chi connectivity index (χ1n) is 9.51. The summed E-state index contributed by atoms with van der Waals surface area (Å²) >= 11 is 0. The number of nitrogens with zero attached hydrogens (tertiary/aromatic N) is 2. The Morgan fingerprint density at radius 3 is 2.34 bits per heavy atom. The Bertz CT molecular complexity index is 1130.